The summed E-state index contributed by atoms with van der Waals surface area (Å²) in [4.78, 5) is 16.5. The first kappa shape index (κ1) is 18.4. The molecule has 1 heterocycles. The fraction of sp³-hybridized carbons (Fsp3) is 0.222. The summed E-state index contributed by atoms with van der Waals surface area (Å²) in [5, 5.41) is 5.39. The summed E-state index contributed by atoms with van der Waals surface area (Å²) >= 11 is 0. The van der Waals surface area contributed by atoms with Gasteiger partial charge in [-0.3, -0.25) is 0 Å². The Morgan fingerprint density at radius 1 is 1.22 bits per heavy atom. The van der Waals surface area contributed by atoms with Crippen LogP contribution in [0.2, 0.25) is 0 Å². The van der Waals surface area contributed by atoms with Gasteiger partial charge in [-0.25, -0.2) is 9.78 Å². The Morgan fingerprint density at radius 2 is 1.96 bits per heavy atom. The molecule has 1 aromatic heterocycles. The maximum absolute atomic E-state index is 12.2. The van der Waals surface area contributed by atoms with Gasteiger partial charge in [-0.05, 0) is 36.4 Å². The van der Waals surface area contributed by atoms with Crippen LogP contribution in [0.3, 0.4) is 0 Å². The molecule has 0 aliphatic rings. The molecular weight excluding hydrogens is 358 g/mol. The highest BCUT2D eigenvalue weighted by atomic mass is 19.3. The van der Waals surface area contributed by atoms with Crippen molar-refractivity contribution in [2.75, 3.05) is 12.4 Å². The molecule has 0 saturated heterocycles. The van der Waals surface area contributed by atoms with Crippen LogP contribution >= 0.6 is 0 Å². The number of aryl methyl sites for hydroxylation is 1. The fourth-order valence-electron chi connectivity index (χ4n) is 2.74. The number of methoxy groups -OCH3 is 1. The van der Waals surface area contributed by atoms with E-state index in [1.54, 1.807) is 19.5 Å². The van der Waals surface area contributed by atoms with Gasteiger partial charge >= 0.3 is 12.6 Å². The number of ether oxygens (including phenoxy) is 2. The van der Waals surface area contributed by atoms with Crippen LogP contribution in [0, 0.1) is 0 Å². The van der Waals surface area contributed by atoms with Crippen LogP contribution in [-0.2, 0) is 13.6 Å². The number of urea groups is 1. The van der Waals surface area contributed by atoms with E-state index in [9.17, 15) is 13.6 Å². The lowest BCUT2D eigenvalue weighted by atomic mass is 10.1. The lowest BCUT2D eigenvalue weighted by molar-refractivity contribution is -0.0498. The molecule has 0 radical (unpaired) electrons. The average Bonchev–Trinajstić information content (AvgIpc) is 3.02. The molecule has 3 rings (SSSR count). The van der Waals surface area contributed by atoms with Gasteiger partial charge in [-0.15, -0.1) is 0 Å². The SMILES string of the molecule is COc1ccc2ncn(C)c2c1CNC(=O)Nc1ccc(OC(F)F)cc1. The van der Waals surface area contributed by atoms with Crippen LogP contribution in [0.4, 0.5) is 19.3 Å². The summed E-state index contributed by atoms with van der Waals surface area (Å²) < 4.78 is 35.8. The molecule has 2 N–H and O–H groups in total. The molecule has 0 bridgehead atoms. The van der Waals surface area contributed by atoms with E-state index in [1.807, 2.05) is 17.7 Å². The molecule has 3 aromatic rings. The smallest absolute Gasteiger partial charge is 0.387 e. The molecule has 27 heavy (non-hydrogen) atoms. The number of aromatic nitrogens is 2. The zero-order valence-corrected chi connectivity index (χ0v) is 14.7. The van der Waals surface area contributed by atoms with Crippen LogP contribution in [0.1, 0.15) is 5.56 Å². The third-order valence-electron chi connectivity index (χ3n) is 3.92. The van der Waals surface area contributed by atoms with Crippen molar-refractivity contribution in [3.8, 4) is 11.5 Å². The molecule has 0 spiro atoms. The van der Waals surface area contributed by atoms with Crippen LogP contribution < -0.4 is 20.1 Å². The zero-order chi connectivity index (χ0) is 19.4. The highest BCUT2D eigenvalue weighted by Crippen LogP contribution is 2.27. The normalized spacial score (nSPS) is 10.9. The second kappa shape index (κ2) is 7.90. The summed E-state index contributed by atoms with van der Waals surface area (Å²) in [5.74, 6) is 0.656. The molecule has 0 unspecified atom stereocenters. The second-order valence-corrected chi connectivity index (χ2v) is 5.68. The van der Waals surface area contributed by atoms with Gasteiger partial charge in [0.1, 0.15) is 11.5 Å². The van der Waals surface area contributed by atoms with Crippen molar-refractivity contribution in [1.82, 2.24) is 14.9 Å². The van der Waals surface area contributed by atoms with Crippen molar-refractivity contribution < 1.29 is 23.0 Å². The number of nitrogens with zero attached hydrogens (tertiary/aromatic N) is 2. The summed E-state index contributed by atoms with van der Waals surface area (Å²) in [6.45, 7) is -2.67. The van der Waals surface area contributed by atoms with Crippen LogP contribution in [0.25, 0.3) is 11.0 Å². The number of benzene rings is 2. The van der Waals surface area contributed by atoms with Gasteiger partial charge in [0.25, 0.3) is 0 Å². The van der Waals surface area contributed by atoms with Gasteiger partial charge in [0, 0.05) is 18.3 Å². The number of imidazole rings is 1. The average molecular weight is 376 g/mol. The molecule has 0 fully saturated rings. The Hall–Kier alpha value is -3.36. The first-order valence-corrected chi connectivity index (χ1v) is 8.04. The van der Waals surface area contributed by atoms with Crippen molar-refractivity contribution in [1.29, 1.82) is 0 Å². The molecule has 7 nitrogen and oxygen atoms in total. The van der Waals surface area contributed by atoms with Crippen molar-refractivity contribution in [3.63, 3.8) is 0 Å². The lowest BCUT2D eigenvalue weighted by Crippen LogP contribution is -2.28. The number of carbonyl (C=O) groups excluding carboxylic acids is 1. The maximum atomic E-state index is 12.2. The molecule has 9 heteroatoms. The minimum Gasteiger partial charge on any atom is -0.496 e. The molecule has 0 saturated carbocycles. The molecule has 2 aromatic carbocycles. The van der Waals surface area contributed by atoms with E-state index in [1.165, 1.54) is 24.3 Å². The Morgan fingerprint density at radius 3 is 2.63 bits per heavy atom. The van der Waals surface area contributed by atoms with Gasteiger partial charge in [-0.2, -0.15) is 8.78 Å². The number of carbonyl (C=O) groups is 1. The molecule has 0 aliphatic carbocycles. The van der Waals surface area contributed by atoms with E-state index in [0.717, 1.165) is 16.6 Å². The fourth-order valence-corrected chi connectivity index (χ4v) is 2.74. The largest absolute Gasteiger partial charge is 0.496 e. The Kier molecular flexibility index (Phi) is 5.39. The highest BCUT2D eigenvalue weighted by Gasteiger charge is 2.13. The molecule has 0 aliphatic heterocycles. The van der Waals surface area contributed by atoms with Gasteiger partial charge in [0.05, 0.1) is 31.0 Å². The van der Waals surface area contributed by atoms with Gasteiger partial charge < -0.3 is 24.7 Å². The molecular formula is C18H18F2N4O3. The lowest BCUT2D eigenvalue weighted by Gasteiger charge is -2.13. The molecule has 2 amide bonds. The Balaban J connectivity index is 1.67. The van der Waals surface area contributed by atoms with E-state index in [2.05, 4.69) is 20.4 Å². The molecule has 142 valence electrons. The number of hydrogen-bond donors (Lipinski definition) is 2. The van der Waals surface area contributed by atoms with E-state index in [4.69, 9.17) is 4.74 Å². The number of amides is 2. The van der Waals surface area contributed by atoms with Crippen LogP contribution in [0.15, 0.2) is 42.7 Å². The summed E-state index contributed by atoms with van der Waals surface area (Å²) in [6, 6.07) is 8.84. The van der Waals surface area contributed by atoms with Crippen molar-refractivity contribution in [2.45, 2.75) is 13.2 Å². The van der Waals surface area contributed by atoms with Crippen molar-refractivity contribution in [2.24, 2.45) is 7.05 Å². The van der Waals surface area contributed by atoms with E-state index < -0.39 is 12.6 Å². The topological polar surface area (TPSA) is 77.4 Å². The van der Waals surface area contributed by atoms with Gasteiger partial charge in [0.2, 0.25) is 0 Å². The third-order valence-corrected chi connectivity index (χ3v) is 3.92. The highest BCUT2D eigenvalue weighted by molar-refractivity contribution is 5.90. The summed E-state index contributed by atoms with van der Waals surface area (Å²) in [5.41, 5.74) is 2.90. The van der Waals surface area contributed by atoms with Crippen LogP contribution in [0.5, 0.6) is 11.5 Å². The predicted molar refractivity (Wildman–Crippen MR) is 96.2 cm³/mol. The quantitative estimate of drug-likeness (QED) is 0.690. The van der Waals surface area contributed by atoms with Crippen LogP contribution in [-0.4, -0.2) is 29.3 Å². The summed E-state index contributed by atoms with van der Waals surface area (Å²) in [6.07, 6.45) is 1.69. The minimum absolute atomic E-state index is 0.0172. The Bertz CT molecular complexity index is 942. The maximum Gasteiger partial charge on any atom is 0.387 e. The van der Waals surface area contributed by atoms with Crippen molar-refractivity contribution >= 4 is 22.8 Å². The number of fused-ring (bicyclic) bond motifs is 1. The Labute approximate surface area is 153 Å². The van der Waals surface area contributed by atoms with E-state index in [-0.39, 0.29) is 12.3 Å². The van der Waals surface area contributed by atoms with E-state index >= 15 is 0 Å². The zero-order valence-electron chi connectivity index (χ0n) is 14.7. The number of hydrogen-bond acceptors (Lipinski definition) is 4. The van der Waals surface area contributed by atoms with E-state index in [0.29, 0.717) is 11.4 Å². The summed E-state index contributed by atoms with van der Waals surface area (Å²) in [7, 11) is 3.42. The number of halogens is 2. The third kappa shape index (κ3) is 4.25. The second-order valence-electron chi connectivity index (χ2n) is 5.68. The monoisotopic (exact) mass is 376 g/mol. The number of alkyl halides is 2. The van der Waals surface area contributed by atoms with Gasteiger partial charge in [-0.1, -0.05) is 0 Å². The first-order chi connectivity index (χ1) is 13.0. The van der Waals surface area contributed by atoms with Gasteiger partial charge in [0.15, 0.2) is 0 Å². The first-order valence-electron chi connectivity index (χ1n) is 8.04. The molecule has 0 atom stereocenters. The predicted octanol–water partition coefficient (Wildman–Crippen LogP) is 3.51. The standard InChI is InChI=1S/C18H18F2N4O3/c1-24-10-22-14-7-8-15(26-2)13(16(14)24)9-21-18(25)23-11-3-5-12(6-4-11)27-17(19)20/h3-8,10,17H,9H2,1-2H3,(H2,21,23,25). The number of anilines is 1. The number of nitrogens with one attached hydrogen (secondary N) is 2. The number of rotatable bonds is 6. The minimum atomic E-state index is -2.89. The van der Waals surface area contributed by atoms with Crippen molar-refractivity contribution in [3.05, 3.63) is 48.3 Å².